The van der Waals surface area contributed by atoms with E-state index in [9.17, 15) is 19.5 Å². The Morgan fingerprint density at radius 2 is 2.00 bits per heavy atom. The van der Waals surface area contributed by atoms with Crippen molar-refractivity contribution < 1.29 is 29.0 Å². The molecule has 1 atom stereocenters. The number of amides is 1. The molecule has 2 aromatic carbocycles. The van der Waals surface area contributed by atoms with E-state index in [1.54, 1.807) is 55.5 Å². The van der Waals surface area contributed by atoms with Crippen LogP contribution in [-0.2, 0) is 14.3 Å². The van der Waals surface area contributed by atoms with Gasteiger partial charge in [0, 0.05) is 10.6 Å². The minimum atomic E-state index is -1.04. The first-order chi connectivity index (χ1) is 17.8. The smallest absolute Gasteiger partial charge is 0.350 e. The average Bonchev–Trinajstić information content (AvgIpc) is 3.39. The number of anilines is 1. The lowest BCUT2D eigenvalue weighted by molar-refractivity contribution is -0.132. The Balaban J connectivity index is 1.88. The van der Waals surface area contributed by atoms with Crippen LogP contribution in [0.25, 0.3) is 5.76 Å². The molecule has 1 aliphatic heterocycles. The normalized spacial score (nSPS) is 16.6. The molecule has 1 unspecified atom stereocenters. The van der Waals surface area contributed by atoms with Crippen LogP contribution in [0.4, 0.5) is 5.13 Å². The van der Waals surface area contributed by atoms with Crippen molar-refractivity contribution in [1.82, 2.24) is 4.98 Å². The molecule has 190 valence electrons. The van der Waals surface area contributed by atoms with Crippen LogP contribution in [0.3, 0.4) is 0 Å². The molecule has 1 amide bonds. The van der Waals surface area contributed by atoms with Gasteiger partial charge >= 0.3 is 11.9 Å². The van der Waals surface area contributed by atoms with Gasteiger partial charge in [0.2, 0.25) is 0 Å². The van der Waals surface area contributed by atoms with Crippen LogP contribution in [0.15, 0.2) is 66.8 Å². The molecule has 0 spiro atoms. The van der Waals surface area contributed by atoms with Crippen molar-refractivity contribution in [1.29, 1.82) is 0 Å². The molecule has 3 aromatic rings. The number of carbonyl (C=O) groups is 3. The third-order valence-corrected chi connectivity index (χ3v) is 6.91. The molecular weight excluding hydrogens is 516 g/mol. The summed E-state index contributed by atoms with van der Waals surface area (Å²) in [5, 5.41) is 11.8. The number of carbonyl (C=O) groups excluding carboxylic acids is 3. The molecule has 0 saturated carbocycles. The third kappa shape index (κ3) is 5.14. The average molecular weight is 539 g/mol. The SMILES string of the molecule is C=CCOC(=O)c1sc(N2C(=O)C(=O)C(=C(O)c3cccc(OCC)c3)C2c2cccc(Cl)c2)nc1C. The molecule has 2 heterocycles. The van der Waals surface area contributed by atoms with Crippen molar-refractivity contribution in [2.24, 2.45) is 0 Å². The number of ether oxygens (including phenoxy) is 2. The number of thiazole rings is 1. The number of halogens is 1. The van der Waals surface area contributed by atoms with Crippen LogP contribution in [0, 0.1) is 6.92 Å². The number of rotatable bonds is 8. The molecule has 1 saturated heterocycles. The van der Waals surface area contributed by atoms with Gasteiger partial charge in [-0.25, -0.2) is 9.78 Å². The Labute approximate surface area is 222 Å². The molecule has 1 N–H and O–H groups in total. The molecule has 1 fully saturated rings. The highest BCUT2D eigenvalue weighted by atomic mass is 35.5. The van der Waals surface area contributed by atoms with Gasteiger partial charge < -0.3 is 14.6 Å². The molecule has 8 nitrogen and oxygen atoms in total. The van der Waals surface area contributed by atoms with Gasteiger partial charge in [-0.1, -0.05) is 59.9 Å². The predicted molar refractivity (Wildman–Crippen MR) is 141 cm³/mol. The maximum atomic E-state index is 13.4. The van der Waals surface area contributed by atoms with Gasteiger partial charge in [0.15, 0.2) is 5.13 Å². The fourth-order valence-corrected chi connectivity index (χ4v) is 5.14. The van der Waals surface area contributed by atoms with E-state index in [-0.39, 0.29) is 27.9 Å². The minimum Gasteiger partial charge on any atom is -0.507 e. The number of aliphatic hydroxyl groups is 1. The van der Waals surface area contributed by atoms with Crippen LogP contribution in [-0.4, -0.2) is 41.0 Å². The number of nitrogens with zero attached hydrogens (tertiary/aromatic N) is 2. The molecule has 10 heteroatoms. The van der Waals surface area contributed by atoms with Crippen LogP contribution in [0.2, 0.25) is 5.02 Å². The van der Waals surface area contributed by atoms with Crippen molar-refractivity contribution in [3.8, 4) is 5.75 Å². The van der Waals surface area contributed by atoms with Gasteiger partial charge in [0.25, 0.3) is 5.78 Å². The second kappa shape index (κ2) is 11.0. The van der Waals surface area contributed by atoms with E-state index in [2.05, 4.69) is 11.6 Å². The zero-order valence-electron chi connectivity index (χ0n) is 20.1. The van der Waals surface area contributed by atoms with Crippen LogP contribution in [0.5, 0.6) is 5.75 Å². The number of esters is 1. The Bertz CT molecular complexity index is 1430. The number of benzene rings is 2. The van der Waals surface area contributed by atoms with Gasteiger partial charge in [0.05, 0.1) is 23.9 Å². The number of Topliss-reactive ketones (excluding diaryl/α,β-unsaturated/α-hetero) is 1. The summed E-state index contributed by atoms with van der Waals surface area (Å²) in [6.45, 7) is 7.39. The summed E-state index contributed by atoms with van der Waals surface area (Å²) in [6, 6.07) is 12.2. The zero-order valence-corrected chi connectivity index (χ0v) is 21.6. The molecular formula is C27H23ClN2O6S. The fraction of sp³-hybridized carbons (Fsp3) is 0.185. The first kappa shape index (κ1) is 26.1. The number of aromatic nitrogens is 1. The van der Waals surface area contributed by atoms with Crippen molar-refractivity contribution >= 4 is 51.5 Å². The van der Waals surface area contributed by atoms with Gasteiger partial charge in [-0.05, 0) is 43.7 Å². The molecule has 4 rings (SSSR count). The van der Waals surface area contributed by atoms with Crippen molar-refractivity contribution in [2.75, 3.05) is 18.1 Å². The topological polar surface area (TPSA) is 106 Å². The van der Waals surface area contributed by atoms with E-state index in [1.165, 1.54) is 11.0 Å². The predicted octanol–water partition coefficient (Wildman–Crippen LogP) is 5.47. The van der Waals surface area contributed by atoms with E-state index in [0.29, 0.717) is 34.2 Å². The highest BCUT2D eigenvalue weighted by Gasteiger charge is 2.48. The summed E-state index contributed by atoms with van der Waals surface area (Å²) in [4.78, 5) is 45.0. The molecule has 0 bridgehead atoms. The Morgan fingerprint density at radius 3 is 2.70 bits per heavy atom. The Kier molecular flexibility index (Phi) is 7.75. The second-order valence-corrected chi connectivity index (χ2v) is 9.40. The van der Waals surface area contributed by atoms with Gasteiger partial charge in [0.1, 0.15) is 23.0 Å². The van der Waals surface area contributed by atoms with Crippen molar-refractivity contribution in [3.63, 3.8) is 0 Å². The van der Waals surface area contributed by atoms with E-state index in [0.717, 1.165) is 11.3 Å². The first-order valence-electron chi connectivity index (χ1n) is 11.3. The number of aliphatic hydroxyl groups excluding tert-OH is 1. The van der Waals surface area contributed by atoms with E-state index < -0.39 is 23.7 Å². The van der Waals surface area contributed by atoms with Crippen molar-refractivity contribution in [2.45, 2.75) is 19.9 Å². The number of hydrogen-bond donors (Lipinski definition) is 1. The lowest BCUT2D eigenvalue weighted by Gasteiger charge is -2.23. The quantitative estimate of drug-likeness (QED) is 0.133. The number of aryl methyl sites for hydroxylation is 1. The van der Waals surface area contributed by atoms with Gasteiger partial charge in [-0.2, -0.15) is 0 Å². The van der Waals surface area contributed by atoms with Crippen molar-refractivity contribution in [3.05, 3.63) is 93.5 Å². The first-order valence-corrected chi connectivity index (χ1v) is 12.5. The summed E-state index contributed by atoms with van der Waals surface area (Å²) in [6.07, 6.45) is 1.44. The lowest BCUT2D eigenvalue weighted by atomic mass is 9.95. The maximum Gasteiger partial charge on any atom is 0.350 e. The summed E-state index contributed by atoms with van der Waals surface area (Å²) in [5.41, 5.74) is 0.993. The summed E-state index contributed by atoms with van der Waals surface area (Å²) in [7, 11) is 0. The fourth-order valence-electron chi connectivity index (χ4n) is 3.95. The summed E-state index contributed by atoms with van der Waals surface area (Å²) < 4.78 is 10.6. The molecule has 1 aromatic heterocycles. The molecule has 0 radical (unpaired) electrons. The highest BCUT2D eigenvalue weighted by Crippen LogP contribution is 2.44. The number of ketones is 1. The monoisotopic (exact) mass is 538 g/mol. The summed E-state index contributed by atoms with van der Waals surface area (Å²) >= 11 is 7.16. The van der Waals surface area contributed by atoms with E-state index >= 15 is 0 Å². The van der Waals surface area contributed by atoms with Crippen LogP contribution < -0.4 is 9.64 Å². The standard InChI is InChI=1S/C27H23ClN2O6S/c1-4-12-36-26(34)24-15(3)29-27(37-24)30-21(16-8-6-10-18(28)13-16)20(23(32)25(30)33)22(31)17-9-7-11-19(14-17)35-5-2/h4,6-11,13-14,21,31H,1,5,12H2,2-3H3. The molecule has 1 aliphatic rings. The van der Waals surface area contributed by atoms with E-state index in [1.807, 2.05) is 6.92 Å². The Hall–Kier alpha value is -3.95. The third-order valence-electron chi connectivity index (χ3n) is 5.54. The minimum absolute atomic E-state index is 0.0132. The Morgan fingerprint density at radius 1 is 1.24 bits per heavy atom. The maximum absolute atomic E-state index is 13.4. The van der Waals surface area contributed by atoms with Crippen LogP contribution in [0.1, 0.15) is 39.5 Å². The highest BCUT2D eigenvalue weighted by molar-refractivity contribution is 7.17. The molecule has 37 heavy (non-hydrogen) atoms. The van der Waals surface area contributed by atoms with E-state index in [4.69, 9.17) is 21.1 Å². The summed E-state index contributed by atoms with van der Waals surface area (Å²) in [5.74, 6) is -2.28. The van der Waals surface area contributed by atoms with Crippen LogP contribution >= 0.6 is 22.9 Å². The number of hydrogen-bond acceptors (Lipinski definition) is 8. The lowest BCUT2D eigenvalue weighted by Crippen LogP contribution is -2.29. The van der Waals surface area contributed by atoms with Gasteiger partial charge in [-0.3, -0.25) is 14.5 Å². The zero-order chi connectivity index (χ0) is 26.7. The van der Waals surface area contributed by atoms with Gasteiger partial charge in [-0.15, -0.1) is 0 Å². The molecule has 0 aliphatic carbocycles. The second-order valence-electron chi connectivity index (χ2n) is 7.98. The largest absolute Gasteiger partial charge is 0.507 e.